The van der Waals surface area contributed by atoms with Gasteiger partial charge in [0, 0.05) is 19.0 Å². The van der Waals surface area contributed by atoms with Crippen LogP contribution in [0.5, 0.6) is 0 Å². The Morgan fingerprint density at radius 1 is 1.15 bits per heavy atom. The Morgan fingerprint density at radius 2 is 1.75 bits per heavy atom. The molecule has 110 valence electrons. The zero-order chi connectivity index (χ0) is 15.1. The molecule has 0 aromatic heterocycles. The van der Waals surface area contributed by atoms with Gasteiger partial charge in [-0.25, -0.2) is 0 Å². The van der Waals surface area contributed by atoms with Crippen molar-refractivity contribution >= 4 is 11.8 Å². The number of likely N-dealkylation sites (N-methyl/N-ethyl adjacent to an activating group) is 1. The highest BCUT2D eigenvalue weighted by molar-refractivity contribution is 5.88. The first-order chi connectivity index (χ1) is 9.47. The maximum absolute atomic E-state index is 12.3. The summed E-state index contributed by atoms with van der Waals surface area (Å²) in [6, 6.07) is 9.26. The Bertz CT molecular complexity index is 443. The maximum Gasteiger partial charge on any atom is 0.242 e. The topological polar surface area (TPSA) is 49.4 Å². The minimum atomic E-state index is -0.468. The van der Waals surface area contributed by atoms with Crippen molar-refractivity contribution in [3.05, 3.63) is 35.9 Å². The number of carbonyl (C=O) groups excluding carboxylic acids is 2. The highest BCUT2D eigenvalue weighted by atomic mass is 16.2. The Balaban J connectivity index is 2.91. The number of carbonyl (C=O) groups is 2. The first-order valence-electron chi connectivity index (χ1n) is 7.09. The van der Waals surface area contributed by atoms with Crippen molar-refractivity contribution in [1.82, 2.24) is 10.2 Å². The van der Waals surface area contributed by atoms with E-state index < -0.39 is 6.04 Å². The van der Waals surface area contributed by atoms with E-state index in [1.54, 1.807) is 11.8 Å². The van der Waals surface area contributed by atoms with Crippen molar-refractivity contribution in [3.8, 4) is 0 Å². The molecular weight excluding hydrogens is 252 g/mol. The Hall–Kier alpha value is -1.84. The van der Waals surface area contributed by atoms with Crippen LogP contribution in [0.1, 0.15) is 33.3 Å². The predicted molar refractivity (Wildman–Crippen MR) is 80.0 cm³/mol. The van der Waals surface area contributed by atoms with Crippen molar-refractivity contribution < 1.29 is 9.59 Å². The van der Waals surface area contributed by atoms with Crippen molar-refractivity contribution in [2.24, 2.45) is 5.92 Å². The van der Waals surface area contributed by atoms with Crippen LogP contribution in [-0.2, 0) is 16.1 Å². The Labute approximate surface area is 121 Å². The second-order valence-electron chi connectivity index (χ2n) is 5.18. The van der Waals surface area contributed by atoms with Crippen LogP contribution in [0.4, 0.5) is 0 Å². The van der Waals surface area contributed by atoms with Gasteiger partial charge in [-0.3, -0.25) is 9.59 Å². The summed E-state index contributed by atoms with van der Waals surface area (Å²) in [7, 11) is 0. The fourth-order valence-corrected chi connectivity index (χ4v) is 1.98. The summed E-state index contributed by atoms with van der Waals surface area (Å²) < 4.78 is 0. The first-order valence-corrected chi connectivity index (χ1v) is 7.09. The van der Waals surface area contributed by atoms with E-state index in [0.29, 0.717) is 13.1 Å². The average Bonchev–Trinajstić information content (AvgIpc) is 2.44. The van der Waals surface area contributed by atoms with Crippen LogP contribution in [0.15, 0.2) is 30.3 Å². The number of benzene rings is 1. The zero-order valence-electron chi connectivity index (χ0n) is 12.7. The number of amides is 2. The van der Waals surface area contributed by atoms with Gasteiger partial charge in [-0.1, -0.05) is 44.2 Å². The molecule has 1 atom stereocenters. The molecule has 0 aliphatic rings. The fourth-order valence-electron chi connectivity index (χ4n) is 1.98. The molecule has 0 saturated heterocycles. The van der Waals surface area contributed by atoms with E-state index in [1.807, 2.05) is 51.1 Å². The van der Waals surface area contributed by atoms with Crippen LogP contribution < -0.4 is 5.32 Å². The van der Waals surface area contributed by atoms with Gasteiger partial charge >= 0.3 is 0 Å². The summed E-state index contributed by atoms with van der Waals surface area (Å²) in [6.45, 7) is 8.37. The van der Waals surface area contributed by atoms with Crippen LogP contribution in [0.2, 0.25) is 0 Å². The van der Waals surface area contributed by atoms with E-state index in [4.69, 9.17) is 0 Å². The molecule has 0 radical (unpaired) electrons. The Morgan fingerprint density at radius 3 is 2.25 bits per heavy atom. The molecule has 0 saturated carbocycles. The largest absolute Gasteiger partial charge is 0.355 e. The van der Waals surface area contributed by atoms with E-state index in [-0.39, 0.29) is 17.7 Å². The van der Waals surface area contributed by atoms with Gasteiger partial charge in [-0.05, 0) is 19.4 Å². The molecule has 2 amide bonds. The van der Waals surface area contributed by atoms with Crippen LogP contribution in [0.3, 0.4) is 0 Å². The smallest absolute Gasteiger partial charge is 0.242 e. The lowest BCUT2D eigenvalue weighted by atomic mass is 10.1. The van der Waals surface area contributed by atoms with Crippen molar-refractivity contribution in [1.29, 1.82) is 0 Å². The van der Waals surface area contributed by atoms with E-state index in [0.717, 1.165) is 5.56 Å². The van der Waals surface area contributed by atoms with Gasteiger partial charge in [-0.15, -0.1) is 0 Å². The highest BCUT2D eigenvalue weighted by Crippen LogP contribution is 2.12. The van der Waals surface area contributed by atoms with Gasteiger partial charge in [0.05, 0.1) is 0 Å². The second kappa shape index (κ2) is 7.68. The van der Waals surface area contributed by atoms with Gasteiger partial charge in [0.1, 0.15) is 6.04 Å². The number of rotatable bonds is 6. The lowest BCUT2D eigenvalue weighted by Crippen LogP contribution is -2.48. The lowest BCUT2D eigenvalue weighted by molar-refractivity contribution is -0.143. The molecule has 0 bridgehead atoms. The number of nitrogens with zero attached hydrogens (tertiary/aromatic N) is 1. The summed E-state index contributed by atoms with van der Waals surface area (Å²) in [6.07, 6.45) is 0. The Kier molecular flexibility index (Phi) is 6.22. The molecule has 1 aromatic rings. The molecular formula is C16H24N2O2. The zero-order valence-corrected chi connectivity index (χ0v) is 12.7. The van der Waals surface area contributed by atoms with Gasteiger partial charge in [0.2, 0.25) is 11.8 Å². The summed E-state index contributed by atoms with van der Waals surface area (Å²) >= 11 is 0. The van der Waals surface area contributed by atoms with Gasteiger partial charge in [-0.2, -0.15) is 0 Å². The standard InChI is InChI=1S/C16H24N2O2/c1-5-17-15(19)13(4)18(16(20)12(2)3)11-14-9-7-6-8-10-14/h6-10,12-13H,5,11H2,1-4H3,(H,17,19)/t13-/m0/s1. The van der Waals surface area contributed by atoms with Crippen LogP contribution in [-0.4, -0.2) is 29.3 Å². The molecule has 0 aliphatic heterocycles. The molecule has 0 fully saturated rings. The number of nitrogens with one attached hydrogen (secondary N) is 1. The monoisotopic (exact) mass is 276 g/mol. The molecule has 1 aromatic carbocycles. The molecule has 4 nitrogen and oxygen atoms in total. The van der Waals surface area contributed by atoms with Gasteiger partial charge in [0.15, 0.2) is 0 Å². The molecule has 1 N–H and O–H groups in total. The second-order valence-corrected chi connectivity index (χ2v) is 5.18. The molecule has 0 spiro atoms. The summed E-state index contributed by atoms with van der Waals surface area (Å²) in [5.74, 6) is -0.249. The third kappa shape index (κ3) is 4.37. The number of hydrogen-bond donors (Lipinski definition) is 1. The van der Waals surface area contributed by atoms with Crippen molar-refractivity contribution in [2.45, 2.75) is 40.3 Å². The van der Waals surface area contributed by atoms with E-state index in [1.165, 1.54) is 0 Å². The molecule has 1 rings (SSSR count). The molecule has 20 heavy (non-hydrogen) atoms. The molecule has 0 heterocycles. The normalized spacial score (nSPS) is 12.1. The van der Waals surface area contributed by atoms with Crippen molar-refractivity contribution in [3.63, 3.8) is 0 Å². The first kappa shape index (κ1) is 16.2. The molecule has 0 unspecified atom stereocenters. The van der Waals surface area contributed by atoms with Crippen molar-refractivity contribution in [2.75, 3.05) is 6.54 Å². The van der Waals surface area contributed by atoms with Crippen LogP contribution >= 0.6 is 0 Å². The minimum absolute atomic E-state index is 0.00685. The summed E-state index contributed by atoms with van der Waals surface area (Å²) in [4.78, 5) is 26.0. The molecule has 0 aliphatic carbocycles. The quantitative estimate of drug-likeness (QED) is 0.866. The summed E-state index contributed by atoms with van der Waals surface area (Å²) in [5.41, 5.74) is 1.03. The molecule has 4 heteroatoms. The van der Waals surface area contributed by atoms with Gasteiger partial charge < -0.3 is 10.2 Å². The van der Waals surface area contributed by atoms with E-state index in [2.05, 4.69) is 5.32 Å². The minimum Gasteiger partial charge on any atom is -0.355 e. The van der Waals surface area contributed by atoms with Crippen LogP contribution in [0.25, 0.3) is 0 Å². The van der Waals surface area contributed by atoms with Gasteiger partial charge in [0.25, 0.3) is 0 Å². The van der Waals surface area contributed by atoms with E-state index in [9.17, 15) is 9.59 Å². The fraction of sp³-hybridized carbons (Fsp3) is 0.500. The average molecular weight is 276 g/mol. The number of hydrogen-bond acceptors (Lipinski definition) is 2. The highest BCUT2D eigenvalue weighted by Gasteiger charge is 2.27. The SMILES string of the molecule is CCNC(=O)[C@H](C)N(Cc1ccccc1)C(=O)C(C)C. The third-order valence-electron chi connectivity index (χ3n) is 3.17. The lowest BCUT2D eigenvalue weighted by Gasteiger charge is -2.30. The third-order valence-corrected chi connectivity index (χ3v) is 3.17. The van der Waals surface area contributed by atoms with E-state index >= 15 is 0 Å². The summed E-state index contributed by atoms with van der Waals surface area (Å²) in [5, 5.41) is 2.77. The van der Waals surface area contributed by atoms with Crippen LogP contribution in [0, 0.1) is 5.92 Å². The predicted octanol–water partition coefficient (Wildman–Crippen LogP) is 2.20. The maximum atomic E-state index is 12.3.